The number of carbonyl (C=O) groups excluding carboxylic acids is 3. The largest absolute Gasteiger partial charge is 0.466 e. The molecule has 0 amide bonds. The van der Waals surface area contributed by atoms with Crippen molar-refractivity contribution >= 4 is 17.9 Å². The molecule has 1 aromatic carbocycles. The standard InChI is InChI=1S/C17H20O7/c1-10(16(19)21-4)11(2)23-9-14-8-13(17(20)22-5)6-7-15(14)24-12(3)18/h6-8,11H,1,9H2,2-5H3. The molecule has 7 nitrogen and oxygen atoms in total. The van der Waals surface area contributed by atoms with Gasteiger partial charge in [0, 0.05) is 12.5 Å². The molecule has 7 heteroatoms. The number of carbonyl (C=O) groups is 3. The Kier molecular flexibility index (Phi) is 7.13. The van der Waals surface area contributed by atoms with Gasteiger partial charge >= 0.3 is 17.9 Å². The summed E-state index contributed by atoms with van der Waals surface area (Å²) >= 11 is 0. The Morgan fingerprint density at radius 1 is 1.17 bits per heavy atom. The highest BCUT2D eigenvalue weighted by Gasteiger charge is 2.18. The molecule has 0 aliphatic carbocycles. The van der Waals surface area contributed by atoms with E-state index < -0.39 is 24.0 Å². The van der Waals surface area contributed by atoms with Crippen LogP contribution < -0.4 is 4.74 Å². The van der Waals surface area contributed by atoms with E-state index in [1.807, 2.05) is 0 Å². The minimum Gasteiger partial charge on any atom is -0.466 e. The van der Waals surface area contributed by atoms with Crippen LogP contribution in [-0.4, -0.2) is 38.2 Å². The van der Waals surface area contributed by atoms with Crippen LogP contribution in [0.5, 0.6) is 5.75 Å². The van der Waals surface area contributed by atoms with E-state index in [0.717, 1.165) is 0 Å². The fourth-order valence-corrected chi connectivity index (χ4v) is 1.80. The molecular formula is C17H20O7. The lowest BCUT2D eigenvalue weighted by molar-refractivity contribution is -0.137. The molecule has 0 fully saturated rings. The monoisotopic (exact) mass is 336 g/mol. The molecule has 24 heavy (non-hydrogen) atoms. The van der Waals surface area contributed by atoms with Crippen molar-refractivity contribution in [2.45, 2.75) is 26.6 Å². The Morgan fingerprint density at radius 3 is 2.38 bits per heavy atom. The Morgan fingerprint density at radius 2 is 1.83 bits per heavy atom. The van der Waals surface area contributed by atoms with Crippen LogP contribution in [0.15, 0.2) is 30.4 Å². The quantitative estimate of drug-likeness (QED) is 0.427. The number of hydrogen-bond acceptors (Lipinski definition) is 7. The number of ether oxygens (including phenoxy) is 4. The number of methoxy groups -OCH3 is 2. The molecule has 0 aliphatic heterocycles. The third-order valence-electron chi connectivity index (χ3n) is 3.16. The van der Waals surface area contributed by atoms with Crippen LogP contribution in [0, 0.1) is 0 Å². The summed E-state index contributed by atoms with van der Waals surface area (Å²) in [6.45, 7) is 6.50. The van der Waals surface area contributed by atoms with Crippen LogP contribution in [0.2, 0.25) is 0 Å². The van der Waals surface area contributed by atoms with Gasteiger partial charge in [-0.05, 0) is 25.1 Å². The van der Waals surface area contributed by atoms with Gasteiger partial charge in [-0.25, -0.2) is 9.59 Å². The first-order valence-electron chi connectivity index (χ1n) is 7.08. The maximum atomic E-state index is 11.6. The summed E-state index contributed by atoms with van der Waals surface area (Å²) in [6.07, 6.45) is -0.621. The summed E-state index contributed by atoms with van der Waals surface area (Å²) in [5, 5.41) is 0. The van der Waals surface area contributed by atoms with E-state index in [-0.39, 0.29) is 23.5 Å². The van der Waals surface area contributed by atoms with E-state index in [1.54, 1.807) is 6.92 Å². The molecule has 0 saturated carbocycles. The molecule has 0 heterocycles. The molecule has 0 aromatic heterocycles. The molecule has 1 aromatic rings. The lowest BCUT2D eigenvalue weighted by Gasteiger charge is -2.16. The minimum atomic E-state index is -0.621. The number of esters is 3. The minimum absolute atomic E-state index is 0.00930. The van der Waals surface area contributed by atoms with Crippen molar-refractivity contribution in [1.29, 1.82) is 0 Å². The van der Waals surface area contributed by atoms with E-state index in [0.29, 0.717) is 5.56 Å². The average Bonchev–Trinajstić information content (AvgIpc) is 2.57. The van der Waals surface area contributed by atoms with Gasteiger partial charge in [-0.15, -0.1) is 0 Å². The van der Waals surface area contributed by atoms with E-state index in [4.69, 9.17) is 9.47 Å². The SMILES string of the molecule is C=C(C(=O)OC)C(C)OCc1cc(C(=O)OC)ccc1OC(C)=O. The first-order valence-corrected chi connectivity index (χ1v) is 7.08. The predicted molar refractivity (Wildman–Crippen MR) is 84.5 cm³/mol. The molecule has 1 unspecified atom stereocenters. The van der Waals surface area contributed by atoms with Crippen LogP contribution in [-0.2, 0) is 30.4 Å². The molecule has 0 aliphatic rings. The van der Waals surface area contributed by atoms with Crippen molar-refractivity contribution < 1.29 is 33.3 Å². The Bertz CT molecular complexity index is 648. The number of benzene rings is 1. The summed E-state index contributed by atoms with van der Waals surface area (Å²) in [5.74, 6) is -1.36. The predicted octanol–water partition coefficient (Wildman–Crippen LogP) is 2.03. The van der Waals surface area contributed by atoms with E-state index in [2.05, 4.69) is 16.1 Å². The zero-order chi connectivity index (χ0) is 18.3. The molecule has 0 N–H and O–H groups in total. The zero-order valence-corrected chi connectivity index (χ0v) is 14.1. The molecule has 0 bridgehead atoms. The third kappa shape index (κ3) is 5.20. The van der Waals surface area contributed by atoms with Crippen LogP contribution in [0.25, 0.3) is 0 Å². The Balaban J connectivity index is 2.97. The third-order valence-corrected chi connectivity index (χ3v) is 3.16. The molecule has 0 spiro atoms. The van der Waals surface area contributed by atoms with Gasteiger partial charge in [-0.3, -0.25) is 4.79 Å². The highest BCUT2D eigenvalue weighted by atomic mass is 16.5. The van der Waals surface area contributed by atoms with Crippen LogP contribution in [0.3, 0.4) is 0 Å². The smallest absolute Gasteiger partial charge is 0.337 e. The fourth-order valence-electron chi connectivity index (χ4n) is 1.80. The molecular weight excluding hydrogens is 316 g/mol. The van der Waals surface area contributed by atoms with Crippen molar-refractivity contribution in [3.8, 4) is 5.75 Å². The second-order valence-electron chi connectivity index (χ2n) is 4.88. The van der Waals surface area contributed by atoms with Gasteiger partial charge in [0.05, 0.1) is 38.1 Å². The van der Waals surface area contributed by atoms with Crippen molar-refractivity contribution in [3.63, 3.8) is 0 Å². The lowest BCUT2D eigenvalue weighted by Crippen LogP contribution is -2.19. The molecule has 130 valence electrons. The van der Waals surface area contributed by atoms with E-state index in [1.165, 1.54) is 39.3 Å². The van der Waals surface area contributed by atoms with E-state index in [9.17, 15) is 14.4 Å². The maximum Gasteiger partial charge on any atom is 0.337 e. The first-order chi connectivity index (χ1) is 11.3. The fraction of sp³-hybridized carbons (Fsp3) is 0.353. The first kappa shape index (κ1) is 19.4. The average molecular weight is 336 g/mol. The Labute approximate surface area is 140 Å². The summed E-state index contributed by atoms with van der Waals surface area (Å²) in [6, 6.07) is 4.45. The summed E-state index contributed by atoms with van der Waals surface area (Å²) in [7, 11) is 2.51. The normalized spacial score (nSPS) is 11.3. The number of hydrogen-bond donors (Lipinski definition) is 0. The van der Waals surface area contributed by atoms with Gasteiger partial charge in [-0.1, -0.05) is 6.58 Å². The van der Waals surface area contributed by atoms with Crippen molar-refractivity contribution in [2.75, 3.05) is 14.2 Å². The van der Waals surface area contributed by atoms with Gasteiger partial charge in [0.1, 0.15) is 5.75 Å². The van der Waals surface area contributed by atoms with Crippen molar-refractivity contribution in [2.24, 2.45) is 0 Å². The van der Waals surface area contributed by atoms with Crippen molar-refractivity contribution in [1.82, 2.24) is 0 Å². The number of rotatable bonds is 7. The van der Waals surface area contributed by atoms with Crippen LogP contribution in [0.1, 0.15) is 29.8 Å². The van der Waals surface area contributed by atoms with Gasteiger partial charge < -0.3 is 18.9 Å². The molecule has 1 atom stereocenters. The molecule has 0 radical (unpaired) electrons. The topological polar surface area (TPSA) is 88.1 Å². The molecule has 1 rings (SSSR count). The summed E-state index contributed by atoms with van der Waals surface area (Å²) in [4.78, 5) is 34.2. The highest BCUT2D eigenvalue weighted by Crippen LogP contribution is 2.23. The summed E-state index contributed by atoms with van der Waals surface area (Å²) in [5.41, 5.74) is 0.889. The second kappa shape index (κ2) is 8.83. The van der Waals surface area contributed by atoms with E-state index >= 15 is 0 Å². The van der Waals surface area contributed by atoms with Gasteiger partial charge in [0.15, 0.2) is 0 Å². The lowest BCUT2D eigenvalue weighted by atomic mass is 10.1. The maximum absolute atomic E-state index is 11.6. The van der Waals surface area contributed by atoms with Crippen LogP contribution in [0.4, 0.5) is 0 Å². The van der Waals surface area contributed by atoms with Crippen molar-refractivity contribution in [3.05, 3.63) is 41.5 Å². The van der Waals surface area contributed by atoms with Gasteiger partial charge in [0.25, 0.3) is 0 Å². The van der Waals surface area contributed by atoms with Crippen LogP contribution >= 0.6 is 0 Å². The highest BCUT2D eigenvalue weighted by molar-refractivity contribution is 5.90. The van der Waals surface area contributed by atoms with Gasteiger partial charge in [-0.2, -0.15) is 0 Å². The second-order valence-corrected chi connectivity index (χ2v) is 4.88. The van der Waals surface area contributed by atoms with Gasteiger partial charge in [0.2, 0.25) is 0 Å². The zero-order valence-electron chi connectivity index (χ0n) is 14.1. The molecule has 0 saturated heterocycles. The Hall–Kier alpha value is -2.67. The summed E-state index contributed by atoms with van der Waals surface area (Å²) < 4.78 is 19.9.